The lowest BCUT2D eigenvalue weighted by atomic mass is 10.2. The second-order valence-corrected chi connectivity index (χ2v) is 4.37. The highest BCUT2D eigenvalue weighted by atomic mass is 35.5. The molecule has 3 heteroatoms. The minimum Gasteiger partial charge on any atom is -0.330 e. The standard InChI is InChI=1S/C10H12ClNS/c11-10-7-6-9(13-10)5-3-1-2-4-8-12/h6-7H,1-2,4,8,12H2. The van der Waals surface area contributed by atoms with Crippen LogP contribution in [-0.4, -0.2) is 6.54 Å². The fourth-order valence-electron chi connectivity index (χ4n) is 0.889. The van der Waals surface area contributed by atoms with Gasteiger partial charge in [0.15, 0.2) is 0 Å². The number of hydrogen-bond acceptors (Lipinski definition) is 2. The molecule has 0 fully saturated rings. The molecule has 0 aliphatic rings. The molecule has 0 saturated heterocycles. The average Bonchev–Trinajstić information content (AvgIpc) is 2.51. The Morgan fingerprint density at radius 1 is 1.38 bits per heavy atom. The Kier molecular flexibility index (Phi) is 4.92. The molecule has 70 valence electrons. The molecule has 1 aromatic heterocycles. The van der Waals surface area contributed by atoms with Crippen molar-refractivity contribution >= 4 is 22.9 Å². The first-order chi connectivity index (χ1) is 6.33. The van der Waals surface area contributed by atoms with Crippen LogP contribution < -0.4 is 5.73 Å². The normalized spacial score (nSPS) is 9.38. The van der Waals surface area contributed by atoms with Crippen molar-refractivity contribution < 1.29 is 0 Å². The fourth-order valence-corrected chi connectivity index (χ4v) is 1.81. The van der Waals surface area contributed by atoms with Crippen molar-refractivity contribution in [3.05, 3.63) is 21.3 Å². The summed E-state index contributed by atoms with van der Waals surface area (Å²) in [6.45, 7) is 0.756. The van der Waals surface area contributed by atoms with Gasteiger partial charge in [0.25, 0.3) is 0 Å². The summed E-state index contributed by atoms with van der Waals surface area (Å²) in [5.74, 6) is 6.16. The van der Waals surface area contributed by atoms with Gasteiger partial charge in [-0.25, -0.2) is 0 Å². The SMILES string of the molecule is NCCCCC#Cc1ccc(Cl)s1. The molecule has 0 aliphatic carbocycles. The van der Waals surface area contributed by atoms with Crippen LogP contribution in [0.3, 0.4) is 0 Å². The zero-order valence-corrected chi connectivity index (χ0v) is 8.92. The Balaban J connectivity index is 2.31. The predicted octanol–water partition coefficient (Wildman–Crippen LogP) is 2.88. The Bertz CT molecular complexity index is 308. The van der Waals surface area contributed by atoms with E-state index in [0.29, 0.717) is 0 Å². The Labute approximate surface area is 87.9 Å². The number of hydrogen-bond donors (Lipinski definition) is 1. The summed E-state index contributed by atoms with van der Waals surface area (Å²) in [7, 11) is 0. The van der Waals surface area contributed by atoms with Crippen molar-refractivity contribution in [2.75, 3.05) is 6.54 Å². The van der Waals surface area contributed by atoms with Crippen molar-refractivity contribution in [1.82, 2.24) is 0 Å². The smallest absolute Gasteiger partial charge is 0.0941 e. The van der Waals surface area contributed by atoms with Crippen LogP contribution in [-0.2, 0) is 0 Å². The van der Waals surface area contributed by atoms with Crippen LogP contribution in [0.15, 0.2) is 12.1 Å². The lowest BCUT2D eigenvalue weighted by molar-refractivity contribution is 0.768. The Morgan fingerprint density at radius 2 is 2.23 bits per heavy atom. The van der Waals surface area contributed by atoms with Crippen LogP contribution in [0.4, 0.5) is 0 Å². The van der Waals surface area contributed by atoms with E-state index in [1.54, 1.807) is 0 Å². The van der Waals surface area contributed by atoms with Crippen molar-refractivity contribution in [3.63, 3.8) is 0 Å². The maximum atomic E-state index is 5.76. The second kappa shape index (κ2) is 6.04. The highest BCUT2D eigenvalue weighted by molar-refractivity contribution is 7.16. The van der Waals surface area contributed by atoms with Gasteiger partial charge in [0.1, 0.15) is 0 Å². The van der Waals surface area contributed by atoms with Gasteiger partial charge < -0.3 is 5.73 Å². The molecule has 0 amide bonds. The van der Waals surface area contributed by atoms with E-state index in [-0.39, 0.29) is 0 Å². The summed E-state index contributed by atoms with van der Waals surface area (Å²) in [6.07, 6.45) is 3.06. The molecule has 0 saturated carbocycles. The maximum absolute atomic E-state index is 5.76. The zero-order chi connectivity index (χ0) is 9.52. The topological polar surface area (TPSA) is 26.0 Å². The van der Waals surface area contributed by atoms with E-state index in [2.05, 4.69) is 11.8 Å². The number of unbranched alkanes of at least 4 members (excludes halogenated alkanes) is 2. The van der Waals surface area contributed by atoms with E-state index in [4.69, 9.17) is 17.3 Å². The molecule has 0 aromatic carbocycles. The summed E-state index contributed by atoms with van der Waals surface area (Å²) in [5.41, 5.74) is 5.36. The van der Waals surface area contributed by atoms with E-state index in [1.807, 2.05) is 12.1 Å². The summed E-state index contributed by atoms with van der Waals surface area (Å²) in [6, 6.07) is 3.82. The van der Waals surface area contributed by atoms with Gasteiger partial charge >= 0.3 is 0 Å². The van der Waals surface area contributed by atoms with E-state index < -0.39 is 0 Å². The number of nitrogens with two attached hydrogens (primary N) is 1. The third kappa shape index (κ3) is 4.33. The lowest BCUT2D eigenvalue weighted by Crippen LogP contribution is -1.96. The lowest BCUT2D eigenvalue weighted by Gasteiger charge is -1.88. The molecule has 1 aromatic rings. The minimum atomic E-state index is 0.756. The van der Waals surface area contributed by atoms with Gasteiger partial charge in [-0.2, -0.15) is 0 Å². The van der Waals surface area contributed by atoms with Gasteiger partial charge in [0.2, 0.25) is 0 Å². The molecule has 0 aliphatic heterocycles. The summed E-state index contributed by atoms with van der Waals surface area (Å²) < 4.78 is 0.797. The van der Waals surface area contributed by atoms with Crippen LogP contribution in [0, 0.1) is 11.8 Å². The van der Waals surface area contributed by atoms with Crippen molar-refractivity contribution in [1.29, 1.82) is 0 Å². The predicted molar refractivity (Wildman–Crippen MR) is 59.1 cm³/mol. The molecule has 1 rings (SSSR count). The largest absolute Gasteiger partial charge is 0.330 e. The minimum absolute atomic E-state index is 0.756. The summed E-state index contributed by atoms with van der Waals surface area (Å²) in [4.78, 5) is 1.04. The average molecular weight is 214 g/mol. The van der Waals surface area contributed by atoms with E-state index >= 15 is 0 Å². The Hall–Kier alpha value is -0.490. The molecule has 13 heavy (non-hydrogen) atoms. The van der Waals surface area contributed by atoms with E-state index in [9.17, 15) is 0 Å². The first-order valence-corrected chi connectivity index (χ1v) is 5.46. The first kappa shape index (κ1) is 10.6. The van der Waals surface area contributed by atoms with Crippen molar-refractivity contribution in [3.8, 4) is 11.8 Å². The zero-order valence-electron chi connectivity index (χ0n) is 7.35. The quantitative estimate of drug-likeness (QED) is 0.607. The van der Waals surface area contributed by atoms with Crippen molar-refractivity contribution in [2.24, 2.45) is 5.73 Å². The third-order valence-electron chi connectivity index (χ3n) is 1.54. The van der Waals surface area contributed by atoms with Crippen LogP contribution in [0.25, 0.3) is 0 Å². The number of thiophene rings is 1. The van der Waals surface area contributed by atoms with E-state index in [1.165, 1.54) is 11.3 Å². The van der Waals surface area contributed by atoms with Gasteiger partial charge in [0.05, 0.1) is 9.21 Å². The molecule has 0 atom stereocenters. The van der Waals surface area contributed by atoms with Gasteiger partial charge in [-0.05, 0) is 31.5 Å². The molecular formula is C10H12ClNS. The first-order valence-electron chi connectivity index (χ1n) is 4.27. The van der Waals surface area contributed by atoms with E-state index in [0.717, 1.165) is 35.0 Å². The summed E-state index contributed by atoms with van der Waals surface area (Å²) >= 11 is 7.28. The molecule has 2 N–H and O–H groups in total. The van der Waals surface area contributed by atoms with Crippen LogP contribution >= 0.6 is 22.9 Å². The van der Waals surface area contributed by atoms with Crippen LogP contribution in [0.2, 0.25) is 4.34 Å². The molecule has 1 heterocycles. The van der Waals surface area contributed by atoms with Gasteiger partial charge in [-0.1, -0.05) is 23.4 Å². The molecule has 0 bridgehead atoms. The Morgan fingerprint density at radius 3 is 2.85 bits per heavy atom. The monoisotopic (exact) mass is 213 g/mol. The maximum Gasteiger partial charge on any atom is 0.0941 e. The third-order valence-corrected chi connectivity index (χ3v) is 2.69. The molecule has 1 nitrogen and oxygen atoms in total. The second-order valence-electron chi connectivity index (χ2n) is 2.65. The highest BCUT2D eigenvalue weighted by Gasteiger charge is 1.91. The summed E-state index contributed by atoms with van der Waals surface area (Å²) in [5, 5.41) is 0. The van der Waals surface area contributed by atoms with Crippen molar-refractivity contribution in [2.45, 2.75) is 19.3 Å². The van der Waals surface area contributed by atoms with Crippen LogP contribution in [0.1, 0.15) is 24.1 Å². The number of halogens is 1. The molecule has 0 radical (unpaired) electrons. The fraction of sp³-hybridized carbons (Fsp3) is 0.400. The molecular weight excluding hydrogens is 202 g/mol. The molecule has 0 spiro atoms. The molecule has 0 unspecified atom stereocenters. The number of rotatable bonds is 3. The van der Waals surface area contributed by atoms with Gasteiger partial charge in [-0.15, -0.1) is 11.3 Å². The van der Waals surface area contributed by atoms with Crippen LogP contribution in [0.5, 0.6) is 0 Å². The van der Waals surface area contributed by atoms with Gasteiger partial charge in [-0.3, -0.25) is 0 Å². The van der Waals surface area contributed by atoms with Gasteiger partial charge in [0, 0.05) is 6.42 Å². The highest BCUT2D eigenvalue weighted by Crippen LogP contribution is 2.20.